The number of aliphatic hydroxyl groups is 6. The molecule has 0 aromatic heterocycles. The first-order valence-electron chi connectivity index (χ1n) is 10.7. The monoisotopic (exact) mass is 524 g/mol. The van der Waals surface area contributed by atoms with E-state index in [1.807, 2.05) is 0 Å². The molecular formula is C24H26F6O6. The highest BCUT2D eigenvalue weighted by Gasteiger charge is 2.54. The molecular weight excluding hydrogens is 498 g/mol. The number of hydrogen-bond donors (Lipinski definition) is 6. The molecule has 36 heavy (non-hydrogen) atoms. The van der Waals surface area contributed by atoms with Crippen LogP contribution in [0.2, 0.25) is 0 Å². The van der Waals surface area contributed by atoms with Crippen LogP contribution in [0, 0.1) is 34.9 Å². The highest BCUT2D eigenvalue weighted by Crippen LogP contribution is 2.36. The Morgan fingerprint density at radius 3 is 1.64 bits per heavy atom. The molecule has 0 aliphatic heterocycles. The number of rotatable bonds is 11. The van der Waals surface area contributed by atoms with E-state index in [0.29, 0.717) is 12.1 Å². The van der Waals surface area contributed by atoms with Gasteiger partial charge in [-0.15, -0.1) is 0 Å². The molecule has 12 heteroatoms. The second-order valence-corrected chi connectivity index (χ2v) is 8.53. The highest BCUT2D eigenvalue weighted by atomic mass is 19.2. The van der Waals surface area contributed by atoms with Crippen molar-refractivity contribution < 1.29 is 57.0 Å². The fourth-order valence-corrected chi connectivity index (χ4v) is 3.90. The lowest BCUT2D eigenvalue weighted by Crippen LogP contribution is -2.66. The average Bonchev–Trinajstić information content (AvgIpc) is 2.83. The van der Waals surface area contributed by atoms with Crippen LogP contribution < -0.4 is 0 Å². The van der Waals surface area contributed by atoms with E-state index in [1.54, 1.807) is 0 Å². The van der Waals surface area contributed by atoms with Crippen molar-refractivity contribution in [2.75, 3.05) is 6.61 Å². The zero-order chi connectivity index (χ0) is 27.4. The van der Waals surface area contributed by atoms with Gasteiger partial charge in [-0.25, -0.2) is 26.3 Å². The van der Waals surface area contributed by atoms with Crippen LogP contribution in [0.25, 0.3) is 0 Å². The first kappa shape index (κ1) is 29.7. The maximum Gasteiger partial charge on any atom is 0.161 e. The molecule has 2 rings (SSSR count). The fraction of sp³-hybridized carbons (Fsp3) is 0.417. The van der Waals surface area contributed by atoms with Gasteiger partial charge in [0.05, 0.1) is 6.61 Å². The minimum atomic E-state index is -3.18. The van der Waals surface area contributed by atoms with E-state index in [9.17, 15) is 57.0 Å². The molecule has 0 aliphatic carbocycles. The van der Waals surface area contributed by atoms with Gasteiger partial charge in [0.1, 0.15) is 41.1 Å². The van der Waals surface area contributed by atoms with E-state index >= 15 is 0 Å². The molecule has 0 spiro atoms. The Bertz CT molecular complexity index is 1100. The van der Waals surface area contributed by atoms with Crippen molar-refractivity contribution in [1.82, 2.24) is 0 Å². The predicted molar refractivity (Wildman–Crippen MR) is 114 cm³/mol. The van der Waals surface area contributed by atoms with Crippen LogP contribution in [0.4, 0.5) is 26.3 Å². The molecule has 0 aliphatic rings. The van der Waals surface area contributed by atoms with Gasteiger partial charge < -0.3 is 30.6 Å². The molecule has 2 aromatic rings. The molecule has 0 amide bonds. The van der Waals surface area contributed by atoms with Crippen molar-refractivity contribution in [3.05, 3.63) is 82.4 Å². The van der Waals surface area contributed by atoms with Crippen molar-refractivity contribution in [1.29, 1.82) is 0 Å². The van der Waals surface area contributed by atoms with Gasteiger partial charge >= 0.3 is 0 Å². The maximum atomic E-state index is 14.4. The third kappa shape index (κ3) is 6.25. The van der Waals surface area contributed by atoms with Crippen LogP contribution in [0.1, 0.15) is 24.5 Å². The third-order valence-electron chi connectivity index (χ3n) is 5.90. The summed E-state index contributed by atoms with van der Waals surface area (Å²) in [5.41, 5.74) is -7.33. The Hall–Kier alpha value is -2.48. The Labute approximate surface area is 202 Å². The van der Waals surface area contributed by atoms with E-state index in [4.69, 9.17) is 0 Å². The van der Waals surface area contributed by atoms with Crippen LogP contribution in [0.5, 0.6) is 0 Å². The third-order valence-corrected chi connectivity index (χ3v) is 5.90. The van der Waals surface area contributed by atoms with Gasteiger partial charge in [0.15, 0.2) is 23.3 Å². The number of halogens is 6. The van der Waals surface area contributed by atoms with Crippen LogP contribution in [-0.2, 0) is 12.8 Å². The van der Waals surface area contributed by atoms with Crippen LogP contribution in [0.15, 0.2) is 36.4 Å². The topological polar surface area (TPSA) is 121 Å². The highest BCUT2D eigenvalue weighted by molar-refractivity contribution is 5.27. The van der Waals surface area contributed by atoms with Gasteiger partial charge in [-0.05, 0) is 36.6 Å². The number of allylic oxidation sites excluding steroid dienone is 1. The lowest BCUT2D eigenvalue weighted by atomic mass is 9.71. The lowest BCUT2D eigenvalue weighted by molar-refractivity contribution is -0.228. The van der Waals surface area contributed by atoms with E-state index in [-0.39, 0.29) is 12.1 Å². The van der Waals surface area contributed by atoms with Gasteiger partial charge in [-0.1, -0.05) is 12.2 Å². The van der Waals surface area contributed by atoms with Crippen molar-refractivity contribution in [3.63, 3.8) is 0 Å². The average molecular weight is 524 g/mol. The van der Waals surface area contributed by atoms with Crippen molar-refractivity contribution in [3.8, 4) is 0 Å². The Kier molecular flexibility index (Phi) is 9.68. The minimum absolute atomic E-state index is 0.120. The molecule has 2 aromatic carbocycles. The smallest absolute Gasteiger partial charge is 0.161 e. The van der Waals surface area contributed by atoms with Crippen molar-refractivity contribution >= 4 is 0 Å². The van der Waals surface area contributed by atoms with E-state index in [2.05, 4.69) is 0 Å². The van der Waals surface area contributed by atoms with E-state index < -0.39 is 101 Å². The molecule has 5 atom stereocenters. The van der Waals surface area contributed by atoms with Gasteiger partial charge in [-0.2, -0.15) is 0 Å². The zero-order valence-electron chi connectivity index (χ0n) is 19.0. The molecule has 6 N–H and O–H groups in total. The van der Waals surface area contributed by atoms with Gasteiger partial charge in [-0.3, -0.25) is 0 Å². The Balaban J connectivity index is 2.65. The molecule has 0 saturated heterocycles. The summed E-state index contributed by atoms with van der Waals surface area (Å²) in [6.45, 7) is 0.291. The summed E-state index contributed by atoms with van der Waals surface area (Å²) in [7, 11) is 0. The largest absolute Gasteiger partial charge is 0.394 e. The van der Waals surface area contributed by atoms with Crippen molar-refractivity contribution in [2.45, 2.75) is 55.7 Å². The van der Waals surface area contributed by atoms with Gasteiger partial charge in [0.2, 0.25) is 0 Å². The SMILES string of the molecule is C/C=C/CC(O)(Cc1cc(F)c(F)cc1F)[C@@H](O)[C@@](O)(Cc1cc(F)c(F)cc1F)[C@H](O)[C@@H](O)CO. The predicted octanol–water partition coefficient (Wildman–Crippen LogP) is 1.81. The Morgan fingerprint density at radius 2 is 1.19 bits per heavy atom. The zero-order valence-corrected chi connectivity index (χ0v) is 19.0. The molecule has 1 unspecified atom stereocenters. The fourth-order valence-electron chi connectivity index (χ4n) is 3.90. The molecule has 0 bridgehead atoms. The molecule has 0 fully saturated rings. The standard InChI is InChI=1S/C24H26F6O6/c1-2-3-4-23(35,9-12-5-16(27)18(29)7-14(12)25)22(34)24(36,21(33)20(32)11-31)10-13-6-17(28)19(30)8-15(13)26/h2-3,5-8,20-22,31-36H,4,9-11H2,1H3/b3-2+/t20-,21+,22+,23?,24+/m0/s1. The summed E-state index contributed by atoms with van der Waals surface area (Å²) in [5.74, 6) is -8.94. The first-order chi connectivity index (χ1) is 16.7. The number of benzene rings is 2. The summed E-state index contributed by atoms with van der Waals surface area (Å²) in [5, 5.41) is 63.5. The number of hydrogen-bond acceptors (Lipinski definition) is 6. The normalized spacial score (nSPS) is 18.0. The van der Waals surface area contributed by atoms with Crippen LogP contribution in [-0.4, -0.2) is 66.8 Å². The summed E-state index contributed by atoms with van der Waals surface area (Å²) in [6.07, 6.45) is -7.59. The first-order valence-corrected chi connectivity index (χ1v) is 10.7. The summed E-state index contributed by atoms with van der Waals surface area (Å²) < 4.78 is 82.9. The number of aliphatic hydroxyl groups excluding tert-OH is 4. The summed E-state index contributed by atoms with van der Waals surface area (Å²) in [6, 6.07) is 1.00. The van der Waals surface area contributed by atoms with Crippen LogP contribution in [0.3, 0.4) is 0 Å². The second-order valence-electron chi connectivity index (χ2n) is 8.53. The minimum Gasteiger partial charge on any atom is -0.394 e. The van der Waals surface area contributed by atoms with Gasteiger partial charge in [0.25, 0.3) is 0 Å². The van der Waals surface area contributed by atoms with Crippen LogP contribution >= 0.6 is 0 Å². The van der Waals surface area contributed by atoms with E-state index in [0.717, 1.165) is 0 Å². The lowest BCUT2D eigenvalue weighted by Gasteiger charge is -2.46. The summed E-state index contributed by atoms with van der Waals surface area (Å²) >= 11 is 0. The molecule has 6 nitrogen and oxygen atoms in total. The van der Waals surface area contributed by atoms with Crippen molar-refractivity contribution in [2.24, 2.45) is 0 Å². The van der Waals surface area contributed by atoms with E-state index in [1.165, 1.54) is 19.1 Å². The second kappa shape index (κ2) is 11.7. The maximum absolute atomic E-state index is 14.4. The summed E-state index contributed by atoms with van der Waals surface area (Å²) in [4.78, 5) is 0. The molecule has 0 heterocycles. The molecule has 0 radical (unpaired) electrons. The molecule has 0 saturated carbocycles. The quantitative estimate of drug-likeness (QED) is 0.152. The molecule has 200 valence electrons. The van der Waals surface area contributed by atoms with Gasteiger partial charge in [0, 0.05) is 25.0 Å². The Morgan fingerprint density at radius 1 is 0.750 bits per heavy atom.